The smallest absolute Gasteiger partial charge is 0.0861 e. The molecule has 2 rings (SSSR count). The summed E-state index contributed by atoms with van der Waals surface area (Å²) in [5, 5.41) is 2.72. The first kappa shape index (κ1) is 13.3. The van der Waals surface area contributed by atoms with E-state index in [0.717, 1.165) is 12.1 Å². The van der Waals surface area contributed by atoms with Gasteiger partial charge in [0.15, 0.2) is 0 Å². The van der Waals surface area contributed by atoms with E-state index < -0.39 is 0 Å². The molecule has 92 valence electrons. The standard InChI is InChI=1S/C12H23N.N3/c1-3-7-11(8-4-1)13-12-9-5-2-6-10-12;1-3-2/h11-13H,1-10H2;/q;-1/p+1. The monoisotopic (exact) mass is 224 g/mol. The number of hydrogen-bond donors (Lipinski definition) is 1. The average molecular weight is 224 g/mol. The van der Waals surface area contributed by atoms with Gasteiger partial charge in [0.2, 0.25) is 0 Å². The fraction of sp³-hybridized carbons (Fsp3) is 1.00. The summed E-state index contributed by atoms with van der Waals surface area (Å²) >= 11 is 0. The number of nitrogens with zero attached hydrogens (tertiary/aromatic N) is 3. The van der Waals surface area contributed by atoms with Crippen molar-refractivity contribution in [3.63, 3.8) is 0 Å². The van der Waals surface area contributed by atoms with Gasteiger partial charge in [-0.1, -0.05) is 12.8 Å². The Hall–Kier alpha value is -0.730. The minimum atomic E-state index is 0.997. The van der Waals surface area contributed by atoms with Gasteiger partial charge in [-0.2, -0.15) is 0 Å². The molecular formula is C12H24N4. The van der Waals surface area contributed by atoms with Crippen LogP contribution < -0.4 is 5.32 Å². The number of quaternary nitrogens is 1. The van der Waals surface area contributed by atoms with Gasteiger partial charge in [-0.15, -0.1) is 0 Å². The Bertz CT molecular complexity index is 183. The van der Waals surface area contributed by atoms with E-state index in [1.165, 1.54) is 69.1 Å². The lowest BCUT2D eigenvalue weighted by Crippen LogP contribution is -2.95. The average Bonchev–Trinajstić information content (AvgIpc) is 2.33. The van der Waals surface area contributed by atoms with Gasteiger partial charge in [-0.05, 0) is 51.4 Å². The highest BCUT2D eigenvalue weighted by molar-refractivity contribution is 4.67. The molecule has 0 unspecified atom stereocenters. The van der Waals surface area contributed by atoms with Crippen LogP contribution in [0.3, 0.4) is 0 Å². The van der Waals surface area contributed by atoms with Crippen LogP contribution in [0.1, 0.15) is 64.2 Å². The summed E-state index contributed by atoms with van der Waals surface area (Å²) in [6.07, 6.45) is 15.0. The molecule has 16 heavy (non-hydrogen) atoms. The van der Waals surface area contributed by atoms with Gasteiger partial charge in [0.1, 0.15) is 0 Å². The second kappa shape index (κ2) is 8.43. The van der Waals surface area contributed by atoms with Crippen molar-refractivity contribution in [2.75, 3.05) is 0 Å². The highest BCUT2D eigenvalue weighted by Gasteiger charge is 2.22. The maximum atomic E-state index is 6.75. The van der Waals surface area contributed by atoms with Crippen LogP contribution in [0.25, 0.3) is 16.0 Å². The zero-order valence-electron chi connectivity index (χ0n) is 10.1. The molecule has 2 aliphatic rings. The summed E-state index contributed by atoms with van der Waals surface area (Å²) in [5.41, 5.74) is 13.5. The summed E-state index contributed by atoms with van der Waals surface area (Å²) in [4.78, 5) is 1.50. The third-order valence-corrected chi connectivity index (χ3v) is 3.84. The summed E-state index contributed by atoms with van der Waals surface area (Å²) in [7, 11) is 0. The van der Waals surface area contributed by atoms with E-state index >= 15 is 0 Å². The van der Waals surface area contributed by atoms with Gasteiger partial charge in [0.05, 0.1) is 12.1 Å². The third-order valence-electron chi connectivity index (χ3n) is 3.84. The highest BCUT2D eigenvalue weighted by Crippen LogP contribution is 2.18. The van der Waals surface area contributed by atoms with Crippen molar-refractivity contribution in [1.29, 1.82) is 0 Å². The van der Waals surface area contributed by atoms with Gasteiger partial charge < -0.3 is 16.4 Å². The second-order valence-electron chi connectivity index (χ2n) is 5.08. The summed E-state index contributed by atoms with van der Waals surface area (Å²) in [6, 6.07) is 1.99. The van der Waals surface area contributed by atoms with Crippen molar-refractivity contribution in [3.8, 4) is 0 Å². The van der Waals surface area contributed by atoms with Crippen molar-refractivity contribution in [2.45, 2.75) is 76.3 Å². The molecule has 0 spiro atoms. The Balaban J connectivity index is 0.000000386. The maximum absolute atomic E-state index is 6.75. The molecule has 0 aromatic carbocycles. The minimum Gasteiger partial charge on any atom is -0.373 e. The molecule has 0 amide bonds. The number of hydrogen-bond acceptors (Lipinski definition) is 0. The van der Waals surface area contributed by atoms with Gasteiger partial charge >= 0.3 is 0 Å². The molecule has 2 fully saturated rings. The Labute approximate surface area is 98.2 Å². The van der Waals surface area contributed by atoms with Crippen LogP contribution in [-0.2, 0) is 0 Å². The van der Waals surface area contributed by atoms with E-state index in [1.807, 2.05) is 0 Å². The van der Waals surface area contributed by atoms with Gasteiger partial charge in [0.25, 0.3) is 0 Å². The Kier molecular flexibility index (Phi) is 7.02. The predicted molar refractivity (Wildman–Crippen MR) is 65.7 cm³/mol. The summed E-state index contributed by atoms with van der Waals surface area (Å²) in [6.45, 7) is 0. The summed E-state index contributed by atoms with van der Waals surface area (Å²) in [5.74, 6) is 0. The maximum Gasteiger partial charge on any atom is 0.0861 e. The van der Waals surface area contributed by atoms with Crippen LogP contribution in [-0.4, -0.2) is 12.1 Å². The van der Waals surface area contributed by atoms with Crippen molar-refractivity contribution < 1.29 is 5.32 Å². The fourth-order valence-corrected chi connectivity index (χ4v) is 3.04. The van der Waals surface area contributed by atoms with E-state index in [4.69, 9.17) is 11.1 Å². The first-order valence-corrected chi connectivity index (χ1v) is 6.70. The zero-order valence-corrected chi connectivity index (χ0v) is 10.1. The fourth-order valence-electron chi connectivity index (χ4n) is 3.04. The molecule has 0 bridgehead atoms. The molecule has 0 aromatic heterocycles. The van der Waals surface area contributed by atoms with Crippen molar-refractivity contribution in [2.24, 2.45) is 0 Å². The third kappa shape index (κ3) is 5.38. The molecule has 4 heteroatoms. The van der Waals surface area contributed by atoms with Crippen LogP contribution in [0.5, 0.6) is 0 Å². The molecule has 0 atom stereocenters. The summed E-state index contributed by atoms with van der Waals surface area (Å²) < 4.78 is 0. The SMILES string of the molecule is C1CCC([NH2+]C2CCCCC2)CC1.[N-]=[N+]=[N-]. The molecule has 0 aromatic rings. The number of nitrogens with two attached hydrogens (primary N) is 1. The molecule has 2 saturated carbocycles. The lowest BCUT2D eigenvalue weighted by molar-refractivity contribution is -0.725. The van der Waals surface area contributed by atoms with Crippen molar-refractivity contribution in [1.82, 2.24) is 0 Å². The minimum absolute atomic E-state index is 0.997. The van der Waals surface area contributed by atoms with Crippen LogP contribution in [0.2, 0.25) is 0 Å². The van der Waals surface area contributed by atoms with Crippen molar-refractivity contribution in [3.05, 3.63) is 16.0 Å². The second-order valence-corrected chi connectivity index (χ2v) is 5.08. The van der Waals surface area contributed by atoms with E-state index in [-0.39, 0.29) is 0 Å². The first-order chi connectivity index (χ1) is 7.86. The van der Waals surface area contributed by atoms with Crippen LogP contribution in [0, 0.1) is 0 Å². The van der Waals surface area contributed by atoms with Crippen LogP contribution in [0.15, 0.2) is 0 Å². The predicted octanol–water partition coefficient (Wildman–Crippen LogP) is 3.08. The number of rotatable bonds is 2. The van der Waals surface area contributed by atoms with Crippen LogP contribution >= 0.6 is 0 Å². The van der Waals surface area contributed by atoms with E-state index in [2.05, 4.69) is 5.32 Å². The normalized spacial score (nSPS) is 23.0. The molecule has 2 aliphatic carbocycles. The topological polar surface area (TPSA) is 75.3 Å². The van der Waals surface area contributed by atoms with Crippen molar-refractivity contribution >= 4 is 0 Å². The van der Waals surface area contributed by atoms with Gasteiger partial charge in [-0.3, -0.25) is 4.91 Å². The molecule has 0 heterocycles. The van der Waals surface area contributed by atoms with Gasteiger partial charge in [-0.25, -0.2) is 0 Å². The van der Waals surface area contributed by atoms with E-state index in [9.17, 15) is 0 Å². The quantitative estimate of drug-likeness (QED) is 0.425. The Morgan fingerprint density at radius 3 is 1.31 bits per heavy atom. The first-order valence-electron chi connectivity index (χ1n) is 6.70. The lowest BCUT2D eigenvalue weighted by atomic mass is 9.91. The molecule has 0 saturated heterocycles. The van der Waals surface area contributed by atoms with Gasteiger partial charge in [0, 0.05) is 0 Å². The lowest BCUT2D eigenvalue weighted by Gasteiger charge is -2.27. The zero-order chi connectivity index (χ0) is 11.6. The molecule has 4 nitrogen and oxygen atoms in total. The molecule has 2 N–H and O–H groups in total. The largest absolute Gasteiger partial charge is 0.373 e. The molecule has 0 radical (unpaired) electrons. The highest BCUT2D eigenvalue weighted by atomic mass is 15.0. The Morgan fingerprint density at radius 2 is 1.00 bits per heavy atom. The molecular weight excluding hydrogens is 200 g/mol. The van der Waals surface area contributed by atoms with Crippen LogP contribution in [0.4, 0.5) is 0 Å². The van der Waals surface area contributed by atoms with E-state index in [1.54, 1.807) is 0 Å². The molecule has 0 aliphatic heterocycles. The van der Waals surface area contributed by atoms with E-state index in [0.29, 0.717) is 0 Å². The Morgan fingerprint density at radius 1 is 0.688 bits per heavy atom.